The summed E-state index contributed by atoms with van der Waals surface area (Å²) in [6.07, 6.45) is 4.09. The highest BCUT2D eigenvalue weighted by Crippen LogP contribution is 2.13. The van der Waals surface area contributed by atoms with E-state index in [9.17, 15) is 0 Å². The highest BCUT2D eigenvalue weighted by Gasteiger charge is 2.06. The van der Waals surface area contributed by atoms with Crippen LogP contribution in [-0.4, -0.2) is 21.1 Å². The molecule has 2 aromatic heterocycles. The van der Waals surface area contributed by atoms with Crippen LogP contribution >= 0.6 is 11.6 Å². The Morgan fingerprint density at radius 1 is 1.35 bits per heavy atom. The molecule has 0 atom stereocenters. The molecule has 0 bridgehead atoms. The monoisotopic (exact) mass is 252 g/mol. The van der Waals surface area contributed by atoms with Gasteiger partial charge in [0.15, 0.2) is 5.65 Å². The molecule has 4 nitrogen and oxygen atoms in total. The zero-order chi connectivity index (χ0) is 12.3. The Morgan fingerprint density at radius 2 is 2.12 bits per heavy atom. The fourth-order valence-electron chi connectivity index (χ4n) is 1.75. The Hall–Kier alpha value is -1.29. The summed E-state index contributed by atoms with van der Waals surface area (Å²) in [5.41, 5.74) is 0.807. The van der Waals surface area contributed by atoms with Crippen molar-refractivity contribution >= 4 is 23.2 Å². The van der Waals surface area contributed by atoms with E-state index in [2.05, 4.69) is 29.2 Å². The van der Waals surface area contributed by atoms with Gasteiger partial charge >= 0.3 is 0 Å². The van der Waals surface area contributed by atoms with Gasteiger partial charge in [-0.3, -0.25) is 0 Å². The molecule has 0 aliphatic heterocycles. The second-order valence-corrected chi connectivity index (χ2v) is 4.59. The van der Waals surface area contributed by atoms with Gasteiger partial charge in [-0.15, -0.1) is 5.10 Å². The van der Waals surface area contributed by atoms with Crippen LogP contribution in [0.25, 0.3) is 5.65 Å². The summed E-state index contributed by atoms with van der Waals surface area (Å²) in [5.74, 6) is 1.34. The van der Waals surface area contributed by atoms with E-state index in [0.29, 0.717) is 16.9 Å². The topological polar surface area (TPSA) is 42.2 Å². The first kappa shape index (κ1) is 12.2. The number of fused-ring (bicyclic) bond motifs is 1. The van der Waals surface area contributed by atoms with E-state index in [0.717, 1.165) is 12.2 Å². The molecule has 0 radical (unpaired) electrons. The second kappa shape index (κ2) is 5.36. The van der Waals surface area contributed by atoms with Gasteiger partial charge in [0, 0.05) is 12.7 Å². The first-order valence-corrected chi connectivity index (χ1v) is 6.36. The van der Waals surface area contributed by atoms with Crippen molar-refractivity contribution in [2.45, 2.75) is 26.7 Å². The fraction of sp³-hybridized carbons (Fsp3) is 0.500. The summed E-state index contributed by atoms with van der Waals surface area (Å²) >= 11 is 5.89. The van der Waals surface area contributed by atoms with Crippen LogP contribution < -0.4 is 5.32 Å². The quantitative estimate of drug-likeness (QED) is 0.888. The van der Waals surface area contributed by atoms with Gasteiger partial charge in [0.1, 0.15) is 0 Å². The molecule has 0 amide bonds. The molecule has 0 aliphatic rings. The van der Waals surface area contributed by atoms with Crippen molar-refractivity contribution in [3.63, 3.8) is 0 Å². The molecular formula is C12H17ClN4. The number of nitrogens with one attached hydrogen (secondary N) is 1. The Balaban J connectivity index is 2.09. The highest BCUT2D eigenvalue weighted by atomic mass is 35.5. The zero-order valence-corrected chi connectivity index (χ0v) is 10.9. The van der Waals surface area contributed by atoms with Crippen molar-refractivity contribution in [3.8, 4) is 0 Å². The molecule has 17 heavy (non-hydrogen) atoms. The Labute approximate surface area is 106 Å². The molecule has 0 saturated carbocycles. The number of rotatable bonds is 5. The first-order chi connectivity index (χ1) is 8.22. The first-order valence-electron chi connectivity index (χ1n) is 5.98. The van der Waals surface area contributed by atoms with Gasteiger partial charge in [0.25, 0.3) is 0 Å². The van der Waals surface area contributed by atoms with E-state index in [1.165, 1.54) is 12.8 Å². The lowest BCUT2D eigenvalue weighted by Crippen LogP contribution is -2.13. The van der Waals surface area contributed by atoms with Crippen LogP contribution in [0.4, 0.5) is 5.95 Å². The number of pyridine rings is 1. The minimum atomic E-state index is 0.661. The molecule has 0 saturated heterocycles. The van der Waals surface area contributed by atoms with E-state index in [1.54, 1.807) is 10.7 Å². The largest absolute Gasteiger partial charge is 0.353 e. The molecule has 2 aromatic rings. The Bertz CT molecular complexity index is 490. The third kappa shape index (κ3) is 2.88. The maximum atomic E-state index is 5.89. The number of nitrogens with zero attached hydrogens (tertiary/aromatic N) is 3. The van der Waals surface area contributed by atoms with Crippen LogP contribution in [0.5, 0.6) is 0 Å². The summed E-state index contributed by atoms with van der Waals surface area (Å²) in [5, 5.41) is 8.25. The van der Waals surface area contributed by atoms with Crippen molar-refractivity contribution in [2.24, 2.45) is 5.92 Å². The van der Waals surface area contributed by atoms with E-state index in [4.69, 9.17) is 11.6 Å². The minimum absolute atomic E-state index is 0.661. The normalized spacial score (nSPS) is 11.3. The van der Waals surface area contributed by atoms with Crippen molar-refractivity contribution in [1.82, 2.24) is 14.6 Å². The van der Waals surface area contributed by atoms with Crippen LogP contribution in [-0.2, 0) is 0 Å². The molecule has 92 valence electrons. The SMILES string of the molecule is CCC(CC)CNc1nc2ccc(Cl)cn2n1. The third-order valence-electron chi connectivity index (χ3n) is 3.00. The van der Waals surface area contributed by atoms with Gasteiger partial charge in [0.05, 0.1) is 5.02 Å². The van der Waals surface area contributed by atoms with E-state index < -0.39 is 0 Å². The standard InChI is InChI=1S/C12H17ClN4/c1-3-9(4-2)7-14-12-15-11-6-5-10(13)8-17(11)16-12/h5-6,8-9H,3-4,7H2,1-2H3,(H,14,16). The summed E-state index contributed by atoms with van der Waals surface area (Å²) in [6, 6.07) is 3.67. The number of aromatic nitrogens is 3. The van der Waals surface area contributed by atoms with Gasteiger partial charge in [-0.1, -0.05) is 38.3 Å². The molecule has 1 N–H and O–H groups in total. The van der Waals surface area contributed by atoms with Gasteiger partial charge in [-0.05, 0) is 18.1 Å². The fourth-order valence-corrected chi connectivity index (χ4v) is 1.90. The minimum Gasteiger partial charge on any atom is -0.353 e. The predicted octanol–water partition coefficient (Wildman–Crippen LogP) is 3.23. The summed E-state index contributed by atoms with van der Waals surface area (Å²) in [4.78, 5) is 4.38. The second-order valence-electron chi connectivity index (χ2n) is 4.15. The zero-order valence-electron chi connectivity index (χ0n) is 10.2. The van der Waals surface area contributed by atoms with Crippen LogP contribution in [0.15, 0.2) is 18.3 Å². The summed E-state index contributed by atoms with van der Waals surface area (Å²) in [6.45, 7) is 5.32. The van der Waals surface area contributed by atoms with Crippen LogP contribution in [0.2, 0.25) is 5.02 Å². The third-order valence-corrected chi connectivity index (χ3v) is 3.22. The number of hydrogen-bond donors (Lipinski definition) is 1. The lowest BCUT2D eigenvalue weighted by molar-refractivity contribution is 0.517. The molecule has 5 heteroatoms. The molecule has 0 unspecified atom stereocenters. The summed E-state index contributed by atoms with van der Waals surface area (Å²) in [7, 11) is 0. The average molecular weight is 253 g/mol. The molecule has 0 aromatic carbocycles. The molecular weight excluding hydrogens is 236 g/mol. The highest BCUT2D eigenvalue weighted by molar-refractivity contribution is 6.30. The predicted molar refractivity (Wildman–Crippen MR) is 70.6 cm³/mol. The maximum Gasteiger partial charge on any atom is 0.243 e. The van der Waals surface area contributed by atoms with Crippen LogP contribution in [0.1, 0.15) is 26.7 Å². The molecule has 2 heterocycles. The summed E-state index contributed by atoms with van der Waals surface area (Å²) < 4.78 is 1.69. The van der Waals surface area contributed by atoms with E-state index in [1.807, 2.05) is 12.1 Å². The molecule has 0 spiro atoms. The van der Waals surface area contributed by atoms with Gasteiger partial charge < -0.3 is 5.32 Å². The van der Waals surface area contributed by atoms with E-state index in [-0.39, 0.29) is 0 Å². The number of hydrogen-bond acceptors (Lipinski definition) is 3. The van der Waals surface area contributed by atoms with Gasteiger partial charge in [-0.2, -0.15) is 4.98 Å². The van der Waals surface area contributed by atoms with Crippen molar-refractivity contribution in [3.05, 3.63) is 23.4 Å². The van der Waals surface area contributed by atoms with Crippen molar-refractivity contribution in [1.29, 1.82) is 0 Å². The smallest absolute Gasteiger partial charge is 0.243 e. The van der Waals surface area contributed by atoms with Crippen LogP contribution in [0, 0.1) is 5.92 Å². The Kier molecular flexibility index (Phi) is 3.84. The molecule has 0 fully saturated rings. The van der Waals surface area contributed by atoms with Gasteiger partial charge in [-0.25, -0.2) is 4.52 Å². The molecule has 0 aliphatic carbocycles. The maximum absolute atomic E-state index is 5.89. The lowest BCUT2D eigenvalue weighted by Gasteiger charge is -2.11. The molecule has 2 rings (SSSR count). The average Bonchev–Trinajstić information content (AvgIpc) is 2.72. The van der Waals surface area contributed by atoms with E-state index >= 15 is 0 Å². The Morgan fingerprint density at radius 3 is 2.82 bits per heavy atom. The number of halogens is 1. The van der Waals surface area contributed by atoms with Gasteiger partial charge in [0.2, 0.25) is 5.95 Å². The lowest BCUT2D eigenvalue weighted by atomic mass is 10.0. The van der Waals surface area contributed by atoms with Crippen molar-refractivity contribution in [2.75, 3.05) is 11.9 Å². The van der Waals surface area contributed by atoms with Crippen molar-refractivity contribution < 1.29 is 0 Å². The van der Waals surface area contributed by atoms with Crippen LogP contribution in [0.3, 0.4) is 0 Å². The number of anilines is 1.